The normalized spacial score (nSPS) is 14.6. The first-order chi connectivity index (χ1) is 12.1. The lowest BCUT2D eigenvalue weighted by Gasteiger charge is -2.23. The molecule has 25 heavy (non-hydrogen) atoms. The summed E-state index contributed by atoms with van der Waals surface area (Å²) in [6.45, 7) is 2.51. The number of amides is 2. The predicted molar refractivity (Wildman–Crippen MR) is 93.7 cm³/mol. The van der Waals surface area contributed by atoms with Gasteiger partial charge in [-0.2, -0.15) is 0 Å². The van der Waals surface area contributed by atoms with E-state index in [-0.39, 0.29) is 11.8 Å². The van der Waals surface area contributed by atoms with E-state index in [4.69, 9.17) is 0 Å². The molecule has 2 heterocycles. The van der Waals surface area contributed by atoms with E-state index in [1.165, 1.54) is 0 Å². The Balaban J connectivity index is 1.42. The average Bonchev–Trinajstić information content (AvgIpc) is 3.20. The molecule has 4 rings (SSSR count). The average molecular weight is 334 g/mol. The number of H-pyrrole nitrogens is 1. The van der Waals surface area contributed by atoms with E-state index in [9.17, 15) is 9.59 Å². The highest BCUT2D eigenvalue weighted by atomic mass is 16.2. The smallest absolute Gasteiger partial charge is 0.255 e. The predicted octanol–water partition coefficient (Wildman–Crippen LogP) is 2.22. The SMILES string of the molecule is C[C@@H](C(=O)NCc1nc2ccccc2[nH]1)N1Cc2ccccc2C1=O. The molecule has 1 aliphatic rings. The number of hydrogen-bond acceptors (Lipinski definition) is 3. The first kappa shape index (κ1) is 15.4. The fourth-order valence-electron chi connectivity index (χ4n) is 3.14. The van der Waals surface area contributed by atoms with Crippen molar-refractivity contribution < 1.29 is 9.59 Å². The van der Waals surface area contributed by atoms with Crippen LogP contribution in [0.15, 0.2) is 48.5 Å². The van der Waals surface area contributed by atoms with E-state index in [1.54, 1.807) is 17.9 Å². The van der Waals surface area contributed by atoms with Crippen molar-refractivity contribution in [1.82, 2.24) is 20.2 Å². The summed E-state index contributed by atoms with van der Waals surface area (Å²) in [5, 5.41) is 2.86. The zero-order chi connectivity index (χ0) is 17.4. The maximum atomic E-state index is 12.5. The number of aromatic nitrogens is 2. The van der Waals surface area contributed by atoms with Crippen LogP contribution in [0, 0.1) is 0 Å². The van der Waals surface area contributed by atoms with Gasteiger partial charge in [-0.1, -0.05) is 30.3 Å². The van der Waals surface area contributed by atoms with Crippen LogP contribution in [0.3, 0.4) is 0 Å². The third-order valence-electron chi connectivity index (χ3n) is 4.56. The van der Waals surface area contributed by atoms with Crippen molar-refractivity contribution in [1.29, 1.82) is 0 Å². The quantitative estimate of drug-likeness (QED) is 0.768. The van der Waals surface area contributed by atoms with Gasteiger partial charge in [-0.25, -0.2) is 4.98 Å². The fraction of sp³-hybridized carbons (Fsp3) is 0.211. The van der Waals surface area contributed by atoms with E-state index in [0.29, 0.717) is 24.5 Å². The maximum absolute atomic E-state index is 12.5. The van der Waals surface area contributed by atoms with Crippen molar-refractivity contribution in [2.24, 2.45) is 0 Å². The number of fused-ring (bicyclic) bond motifs is 2. The molecule has 1 atom stereocenters. The van der Waals surface area contributed by atoms with Gasteiger partial charge in [-0.05, 0) is 30.7 Å². The Bertz CT molecular complexity index is 930. The van der Waals surface area contributed by atoms with E-state index < -0.39 is 6.04 Å². The van der Waals surface area contributed by atoms with Crippen molar-refractivity contribution in [2.45, 2.75) is 26.1 Å². The Hall–Kier alpha value is -3.15. The third kappa shape index (κ3) is 2.76. The summed E-state index contributed by atoms with van der Waals surface area (Å²) in [4.78, 5) is 34.1. The van der Waals surface area contributed by atoms with Gasteiger partial charge in [0.15, 0.2) is 0 Å². The number of nitrogens with one attached hydrogen (secondary N) is 2. The van der Waals surface area contributed by atoms with Gasteiger partial charge in [-0.3, -0.25) is 9.59 Å². The highest BCUT2D eigenvalue weighted by Crippen LogP contribution is 2.24. The van der Waals surface area contributed by atoms with Crippen LogP contribution in [0.2, 0.25) is 0 Å². The summed E-state index contributed by atoms with van der Waals surface area (Å²) in [6.07, 6.45) is 0. The van der Waals surface area contributed by atoms with Gasteiger partial charge in [0, 0.05) is 12.1 Å². The molecule has 6 heteroatoms. The van der Waals surface area contributed by atoms with Crippen LogP contribution in [0.25, 0.3) is 11.0 Å². The number of benzene rings is 2. The number of para-hydroxylation sites is 2. The highest BCUT2D eigenvalue weighted by molar-refractivity contribution is 6.01. The molecule has 0 aliphatic carbocycles. The Morgan fingerprint density at radius 2 is 2.00 bits per heavy atom. The first-order valence-corrected chi connectivity index (χ1v) is 8.23. The molecule has 0 fully saturated rings. The van der Waals surface area contributed by atoms with Crippen molar-refractivity contribution in [3.63, 3.8) is 0 Å². The molecule has 1 aromatic heterocycles. The minimum atomic E-state index is -0.538. The lowest BCUT2D eigenvalue weighted by Crippen LogP contribution is -2.45. The zero-order valence-electron chi connectivity index (χ0n) is 13.8. The summed E-state index contributed by atoms with van der Waals surface area (Å²) in [5.41, 5.74) is 3.44. The molecule has 0 radical (unpaired) electrons. The number of hydrogen-bond donors (Lipinski definition) is 2. The van der Waals surface area contributed by atoms with Crippen LogP contribution in [-0.4, -0.2) is 32.7 Å². The summed E-state index contributed by atoms with van der Waals surface area (Å²) in [5.74, 6) is 0.404. The lowest BCUT2D eigenvalue weighted by atomic mass is 10.1. The molecule has 0 bridgehead atoms. The Morgan fingerprint density at radius 3 is 2.80 bits per heavy atom. The van der Waals surface area contributed by atoms with E-state index in [0.717, 1.165) is 16.6 Å². The molecule has 1 aliphatic heterocycles. The Kier molecular flexibility index (Phi) is 3.72. The largest absolute Gasteiger partial charge is 0.347 e. The van der Waals surface area contributed by atoms with Crippen LogP contribution in [0.1, 0.15) is 28.7 Å². The molecule has 0 saturated carbocycles. The van der Waals surface area contributed by atoms with Gasteiger partial charge in [0.05, 0.1) is 17.6 Å². The molecule has 3 aromatic rings. The van der Waals surface area contributed by atoms with Crippen molar-refractivity contribution in [2.75, 3.05) is 0 Å². The summed E-state index contributed by atoms with van der Waals surface area (Å²) in [7, 11) is 0. The molecular formula is C19H18N4O2. The molecular weight excluding hydrogens is 316 g/mol. The molecule has 0 spiro atoms. The van der Waals surface area contributed by atoms with Gasteiger partial charge < -0.3 is 15.2 Å². The number of nitrogens with zero attached hydrogens (tertiary/aromatic N) is 2. The summed E-state index contributed by atoms with van der Waals surface area (Å²) >= 11 is 0. The number of carbonyl (C=O) groups excluding carboxylic acids is 2. The molecule has 2 N–H and O–H groups in total. The molecule has 0 saturated heterocycles. The number of aromatic amines is 1. The topological polar surface area (TPSA) is 78.1 Å². The van der Waals surface area contributed by atoms with Gasteiger partial charge >= 0.3 is 0 Å². The van der Waals surface area contributed by atoms with Crippen molar-refractivity contribution >= 4 is 22.8 Å². The van der Waals surface area contributed by atoms with E-state index >= 15 is 0 Å². The second kappa shape index (κ2) is 6.05. The number of imidazole rings is 1. The summed E-state index contributed by atoms with van der Waals surface area (Å²) < 4.78 is 0. The maximum Gasteiger partial charge on any atom is 0.255 e. The third-order valence-corrected chi connectivity index (χ3v) is 4.56. The second-order valence-electron chi connectivity index (χ2n) is 6.18. The number of carbonyl (C=O) groups is 2. The number of rotatable bonds is 4. The minimum absolute atomic E-state index is 0.0954. The van der Waals surface area contributed by atoms with Crippen LogP contribution < -0.4 is 5.32 Å². The second-order valence-corrected chi connectivity index (χ2v) is 6.18. The highest BCUT2D eigenvalue weighted by Gasteiger charge is 2.33. The lowest BCUT2D eigenvalue weighted by molar-refractivity contribution is -0.125. The zero-order valence-corrected chi connectivity index (χ0v) is 13.8. The van der Waals surface area contributed by atoms with Crippen LogP contribution in [-0.2, 0) is 17.9 Å². The van der Waals surface area contributed by atoms with Crippen LogP contribution in [0.5, 0.6) is 0 Å². The van der Waals surface area contributed by atoms with E-state index in [1.807, 2.05) is 42.5 Å². The van der Waals surface area contributed by atoms with Gasteiger partial charge in [0.2, 0.25) is 5.91 Å². The van der Waals surface area contributed by atoms with Gasteiger partial charge in [0.25, 0.3) is 5.91 Å². The standard InChI is InChI=1S/C19H18N4O2/c1-12(23-11-13-6-2-3-7-14(13)19(23)25)18(24)20-10-17-21-15-8-4-5-9-16(15)22-17/h2-9,12H,10-11H2,1H3,(H,20,24)(H,21,22)/t12-/m0/s1. The molecule has 6 nitrogen and oxygen atoms in total. The molecule has 0 unspecified atom stereocenters. The van der Waals surface area contributed by atoms with E-state index in [2.05, 4.69) is 15.3 Å². The summed E-state index contributed by atoms with van der Waals surface area (Å²) in [6, 6.07) is 14.6. The minimum Gasteiger partial charge on any atom is -0.347 e. The molecule has 126 valence electrons. The van der Waals surface area contributed by atoms with Gasteiger partial charge in [-0.15, -0.1) is 0 Å². The van der Waals surface area contributed by atoms with Crippen LogP contribution in [0.4, 0.5) is 0 Å². The van der Waals surface area contributed by atoms with Crippen molar-refractivity contribution in [3.8, 4) is 0 Å². The van der Waals surface area contributed by atoms with Crippen molar-refractivity contribution in [3.05, 3.63) is 65.5 Å². The molecule has 2 amide bonds. The fourth-order valence-corrected chi connectivity index (χ4v) is 3.14. The Morgan fingerprint density at radius 1 is 1.24 bits per heavy atom. The monoisotopic (exact) mass is 334 g/mol. The first-order valence-electron chi connectivity index (χ1n) is 8.23. The molecule has 2 aromatic carbocycles. The Labute approximate surface area is 144 Å². The van der Waals surface area contributed by atoms with Gasteiger partial charge in [0.1, 0.15) is 11.9 Å². The van der Waals surface area contributed by atoms with Crippen LogP contribution >= 0.6 is 0 Å².